The van der Waals surface area contributed by atoms with Crippen molar-refractivity contribution in [1.29, 1.82) is 0 Å². The van der Waals surface area contributed by atoms with Crippen LogP contribution in [0.3, 0.4) is 0 Å². The van der Waals surface area contributed by atoms with Gasteiger partial charge in [0.05, 0.1) is 0 Å². The maximum absolute atomic E-state index is 12.5. The molecule has 2 saturated heterocycles. The molecule has 2 heterocycles. The van der Waals surface area contributed by atoms with Gasteiger partial charge in [0, 0.05) is 31.6 Å². The molecule has 1 aromatic rings. The minimum atomic E-state index is 0.118. The summed E-state index contributed by atoms with van der Waals surface area (Å²) in [4.78, 5) is 25.9. The van der Waals surface area contributed by atoms with Gasteiger partial charge in [-0.2, -0.15) is 0 Å². The quantitative estimate of drug-likeness (QED) is 0.845. The molecule has 0 bridgehead atoms. The molecule has 2 fully saturated rings. The van der Waals surface area contributed by atoms with Gasteiger partial charge in [0.15, 0.2) is 0 Å². The lowest BCUT2D eigenvalue weighted by atomic mass is 9.83. The zero-order valence-corrected chi connectivity index (χ0v) is 11.5. The fraction of sp³-hybridized carbons (Fsp3) is 0.500. The van der Waals surface area contributed by atoms with Gasteiger partial charge < -0.3 is 10.2 Å². The summed E-state index contributed by atoms with van der Waals surface area (Å²) in [5.74, 6) is 1.25. The van der Waals surface area contributed by atoms with E-state index in [0.717, 1.165) is 38.0 Å². The number of rotatable bonds is 1. The zero-order chi connectivity index (χ0) is 13.9. The lowest BCUT2D eigenvalue weighted by Gasteiger charge is -2.37. The predicted octanol–water partition coefficient (Wildman–Crippen LogP) is 1.67. The fourth-order valence-corrected chi connectivity index (χ4v) is 3.27. The van der Waals surface area contributed by atoms with Crippen molar-refractivity contribution in [3.63, 3.8) is 0 Å². The van der Waals surface area contributed by atoms with Gasteiger partial charge in [0.25, 0.3) is 5.91 Å². The number of carbonyl (C=O) groups excluding carboxylic acids is 2. The maximum atomic E-state index is 12.5. The van der Waals surface area contributed by atoms with Crippen LogP contribution >= 0.6 is 0 Å². The summed E-state index contributed by atoms with van der Waals surface area (Å²) in [5, 5.41) is 2.98. The minimum absolute atomic E-state index is 0.118. The minimum Gasteiger partial charge on any atom is -0.356 e. The number of nitrogens with one attached hydrogen (secondary N) is 1. The monoisotopic (exact) mass is 272 g/mol. The highest BCUT2D eigenvalue weighted by Crippen LogP contribution is 2.29. The number of piperidine rings is 1. The van der Waals surface area contributed by atoms with E-state index in [1.807, 2.05) is 35.2 Å². The van der Waals surface area contributed by atoms with Gasteiger partial charge >= 0.3 is 0 Å². The van der Waals surface area contributed by atoms with E-state index >= 15 is 0 Å². The molecule has 0 radical (unpaired) electrons. The molecule has 0 saturated carbocycles. The first-order valence-electron chi connectivity index (χ1n) is 7.35. The average molecular weight is 272 g/mol. The summed E-state index contributed by atoms with van der Waals surface area (Å²) in [7, 11) is 0. The lowest BCUT2D eigenvalue weighted by Crippen LogP contribution is -2.45. The maximum Gasteiger partial charge on any atom is 0.253 e. The normalized spacial score (nSPS) is 26.4. The zero-order valence-electron chi connectivity index (χ0n) is 11.5. The fourth-order valence-electron chi connectivity index (χ4n) is 3.27. The van der Waals surface area contributed by atoms with Gasteiger partial charge in [-0.3, -0.25) is 9.59 Å². The summed E-state index contributed by atoms with van der Waals surface area (Å²) >= 11 is 0. The molecule has 1 aromatic carbocycles. The van der Waals surface area contributed by atoms with Crippen molar-refractivity contribution < 1.29 is 9.59 Å². The van der Waals surface area contributed by atoms with Gasteiger partial charge in [-0.25, -0.2) is 0 Å². The van der Waals surface area contributed by atoms with Crippen molar-refractivity contribution in [2.45, 2.75) is 19.3 Å². The Bertz CT molecular complexity index is 500. The second-order valence-electron chi connectivity index (χ2n) is 5.77. The van der Waals surface area contributed by atoms with E-state index in [-0.39, 0.29) is 11.8 Å². The van der Waals surface area contributed by atoms with Crippen molar-refractivity contribution in [2.75, 3.05) is 19.6 Å². The van der Waals surface area contributed by atoms with Crippen LogP contribution in [0.5, 0.6) is 0 Å². The number of benzene rings is 1. The highest BCUT2D eigenvalue weighted by Gasteiger charge is 2.33. The van der Waals surface area contributed by atoms with E-state index in [9.17, 15) is 9.59 Å². The van der Waals surface area contributed by atoms with Crippen LogP contribution in [-0.2, 0) is 4.79 Å². The van der Waals surface area contributed by atoms with Crippen LogP contribution in [0.25, 0.3) is 0 Å². The molecule has 2 atom stereocenters. The van der Waals surface area contributed by atoms with Crippen LogP contribution in [0, 0.1) is 11.8 Å². The molecule has 4 nitrogen and oxygen atoms in total. The van der Waals surface area contributed by atoms with E-state index < -0.39 is 0 Å². The second-order valence-corrected chi connectivity index (χ2v) is 5.77. The number of hydrogen-bond acceptors (Lipinski definition) is 2. The van der Waals surface area contributed by atoms with Crippen LogP contribution < -0.4 is 5.32 Å². The van der Waals surface area contributed by atoms with Crippen LogP contribution in [0.1, 0.15) is 29.6 Å². The predicted molar refractivity (Wildman–Crippen MR) is 76.2 cm³/mol. The van der Waals surface area contributed by atoms with E-state index in [1.54, 1.807) is 0 Å². The largest absolute Gasteiger partial charge is 0.356 e. The third-order valence-corrected chi connectivity index (χ3v) is 4.50. The van der Waals surface area contributed by atoms with Gasteiger partial charge in [0.1, 0.15) is 0 Å². The van der Waals surface area contributed by atoms with Gasteiger partial charge in [-0.05, 0) is 36.8 Å². The Morgan fingerprint density at radius 3 is 2.75 bits per heavy atom. The highest BCUT2D eigenvalue weighted by atomic mass is 16.2. The van der Waals surface area contributed by atoms with Gasteiger partial charge in [0.2, 0.25) is 5.91 Å². The first-order valence-corrected chi connectivity index (χ1v) is 7.35. The van der Waals surface area contributed by atoms with Crippen molar-refractivity contribution in [1.82, 2.24) is 10.2 Å². The Balaban J connectivity index is 1.69. The Hall–Kier alpha value is -1.84. The third-order valence-electron chi connectivity index (χ3n) is 4.50. The van der Waals surface area contributed by atoms with Crippen LogP contribution in [0.15, 0.2) is 30.3 Å². The molecule has 1 N–H and O–H groups in total. The molecule has 106 valence electrons. The van der Waals surface area contributed by atoms with Crippen molar-refractivity contribution in [2.24, 2.45) is 11.8 Å². The van der Waals surface area contributed by atoms with Gasteiger partial charge in [-0.15, -0.1) is 0 Å². The summed E-state index contributed by atoms with van der Waals surface area (Å²) in [5.41, 5.74) is 0.758. The van der Waals surface area contributed by atoms with Crippen LogP contribution in [-0.4, -0.2) is 36.3 Å². The Kier molecular flexibility index (Phi) is 3.72. The summed E-state index contributed by atoms with van der Waals surface area (Å²) in [6, 6.07) is 9.45. The van der Waals surface area contributed by atoms with E-state index in [2.05, 4.69) is 5.32 Å². The SMILES string of the molecule is O=C1CC[C@@H]2CN(C(=O)c3ccccc3)CC[C@@H]2CN1. The number of hydrogen-bond donors (Lipinski definition) is 1. The molecule has 2 aliphatic rings. The van der Waals surface area contributed by atoms with E-state index in [0.29, 0.717) is 18.3 Å². The van der Waals surface area contributed by atoms with Crippen molar-refractivity contribution >= 4 is 11.8 Å². The first-order chi connectivity index (χ1) is 9.74. The molecule has 0 spiro atoms. The molecule has 0 aliphatic carbocycles. The van der Waals surface area contributed by atoms with Crippen LogP contribution in [0.4, 0.5) is 0 Å². The summed E-state index contributed by atoms with van der Waals surface area (Å²) in [6.45, 7) is 2.36. The Labute approximate surface area is 119 Å². The highest BCUT2D eigenvalue weighted by molar-refractivity contribution is 5.94. The van der Waals surface area contributed by atoms with E-state index in [4.69, 9.17) is 0 Å². The number of nitrogens with zero attached hydrogens (tertiary/aromatic N) is 1. The third kappa shape index (κ3) is 2.69. The molecule has 3 rings (SSSR count). The Morgan fingerprint density at radius 1 is 1.15 bits per heavy atom. The molecule has 2 amide bonds. The summed E-state index contributed by atoms with van der Waals surface area (Å²) < 4.78 is 0. The van der Waals surface area contributed by atoms with Gasteiger partial charge in [-0.1, -0.05) is 18.2 Å². The molecular formula is C16H20N2O2. The number of carbonyl (C=O) groups is 2. The molecule has 0 aromatic heterocycles. The van der Waals surface area contributed by atoms with E-state index in [1.165, 1.54) is 0 Å². The van der Waals surface area contributed by atoms with Crippen molar-refractivity contribution in [3.05, 3.63) is 35.9 Å². The van der Waals surface area contributed by atoms with Crippen LogP contribution in [0.2, 0.25) is 0 Å². The topological polar surface area (TPSA) is 49.4 Å². The molecule has 4 heteroatoms. The first kappa shape index (κ1) is 13.2. The number of amides is 2. The molecular weight excluding hydrogens is 252 g/mol. The van der Waals surface area contributed by atoms with Crippen molar-refractivity contribution in [3.8, 4) is 0 Å². The Morgan fingerprint density at radius 2 is 1.95 bits per heavy atom. The average Bonchev–Trinajstić information content (AvgIpc) is 2.69. The molecule has 0 unspecified atom stereocenters. The molecule has 20 heavy (non-hydrogen) atoms. The standard InChI is InChI=1S/C16H20N2O2/c19-15-7-6-14-11-18(9-8-13(14)10-17-15)16(20)12-4-2-1-3-5-12/h1-5,13-14H,6-11H2,(H,17,19)/t13-,14-/m1/s1. The second kappa shape index (κ2) is 5.65. The summed E-state index contributed by atoms with van der Waals surface area (Å²) in [6.07, 6.45) is 2.48. The number of likely N-dealkylation sites (tertiary alicyclic amines) is 1. The molecule has 2 aliphatic heterocycles. The smallest absolute Gasteiger partial charge is 0.253 e. The lowest BCUT2D eigenvalue weighted by molar-refractivity contribution is -0.120. The number of fused-ring (bicyclic) bond motifs is 1.